The van der Waals surface area contributed by atoms with Crippen LogP contribution in [-0.2, 0) is 0 Å². The molecule has 0 unspecified atom stereocenters. The minimum Gasteiger partial charge on any atom is -0.368 e. The van der Waals surface area contributed by atoms with Gasteiger partial charge in [0.15, 0.2) is 0 Å². The van der Waals surface area contributed by atoms with Crippen LogP contribution in [0.15, 0.2) is 23.2 Å². The molecule has 0 heterocycles. The van der Waals surface area contributed by atoms with Gasteiger partial charge in [-0.2, -0.15) is 0 Å². The van der Waals surface area contributed by atoms with E-state index in [1.165, 1.54) is 5.48 Å². The summed E-state index contributed by atoms with van der Waals surface area (Å²) in [5.41, 5.74) is 6.57. The van der Waals surface area contributed by atoms with Crippen molar-refractivity contribution in [3.05, 3.63) is 29.8 Å². The molecular weight excluding hydrogens is 180 g/mol. The van der Waals surface area contributed by atoms with Crippen molar-refractivity contribution in [2.24, 2.45) is 10.7 Å². The van der Waals surface area contributed by atoms with Gasteiger partial charge in [0.05, 0.1) is 5.69 Å². The van der Waals surface area contributed by atoms with E-state index in [-0.39, 0.29) is 11.6 Å². The standard InChI is InChI=1S/C7H7F2N3O/c8-4-1-5(9)3-6(2-4)11-7(10)12-13/h1-3,13H,(H3,10,11,12). The van der Waals surface area contributed by atoms with Gasteiger partial charge >= 0.3 is 0 Å². The monoisotopic (exact) mass is 187 g/mol. The van der Waals surface area contributed by atoms with Crippen LogP contribution in [0.2, 0.25) is 0 Å². The Morgan fingerprint density at radius 3 is 2.31 bits per heavy atom. The lowest BCUT2D eigenvalue weighted by Gasteiger charge is -1.98. The maximum atomic E-state index is 12.5. The van der Waals surface area contributed by atoms with Gasteiger partial charge in [-0.05, 0) is 12.1 Å². The molecule has 0 bridgehead atoms. The van der Waals surface area contributed by atoms with Crippen LogP contribution < -0.4 is 11.2 Å². The van der Waals surface area contributed by atoms with Gasteiger partial charge in [0.25, 0.3) is 0 Å². The number of guanidine groups is 1. The molecule has 0 fully saturated rings. The van der Waals surface area contributed by atoms with E-state index in [9.17, 15) is 8.78 Å². The maximum Gasteiger partial charge on any atom is 0.218 e. The predicted molar refractivity (Wildman–Crippen MR) is 42.6 cm³/mol. The van der Waals surface area contributed by atoms with Gasteiger partial charge in [0, 0.05) is 6.07 Å². The van der Waals surface area contributed by atoms with Crippen LogP contribution in [0.3, 0.4) is 0 Å². The number of halogens is 2. The number of hydroxylamine groups is 1. The van der Waals surface area contributed by atoms with Gasteiger partial charge in [0.1, 0.15) is 11.6 Å². The van der Waals surface area contributed by atoms with E-state index in [1.807, 2.05) is 0 Å². The topological polar surface area (TPSA) is 70.6 Å². The molecular formula is C7H7F2N3O. The third-order valence-electron chi connectivity index (χ3n) is 1.21. The molecule has 4 N–H and O–H groups in total. The molecule has 13 heavy (non-hydrogen) atoms. The molecule has 0 saturated heterocycles. The summed E-state index contributed by atoms with van der Waals surface area (Å²) in [4.78, 5) is 3.45. The first kappa shape index (κ1) is 9.40. The first-order valence-electron chi connectivity index (χ1n) is 3.32. The summed E-state index contributed by atoms with van der Waals surface area (Å²) in [6, 6.07) is 2.67. The summed E-state index contributed by atoms with van der Waals surface area (Å²) < 4.78 is 25.1. The Labute approximate surface area is 72.7 Å². The molecule has 0 aliphatic heterocycles. The van der Waals surface area contributed by atoms with Crippen molar-refractivity contribution >= 4 is 11.6 Å². The number of hydrogen-bond acceptors (Lipinski definition) is 2. The average Bonchev–Trinajstić information content (AvgIpc) is 2.02. The van der Waals surface area contributed by atoms with Gasteiger partial charge in [-0.1, -0.05) is 0 Å². The highest BCUT2D eigenvalue weighted by Crippen LogP contribution is 2.15. The Kier molecular flexibility index (Phi) is 2.76. The summed E-state index contributed by atoms with van der Waals surface area (Å²) in [6.45, 7) is 0. The fourth-order valence-electron chi connectivity index (χ4n) is 0.768. The number of aliphatic imine (C=N–C) groups is 1. The van der Waals surface area contributed by atoms with Crippen molar-refractivity contribution in [1.29, 1.82) is 0 Å². The van der Waals surface area contributed by atoms with Gasteiger partial charge in [-0.15, -0.1) is 0 Å². The van der Waals surface area contributed by atoms with Crippen molar-refractivity contribution in [2.45, 2.75) is 0 Å². The minimum absolute atomic E-state index is 0.0171. The molecule has 0 radical (unpaired) electrons. The second kappa shape index (κ2) is 3.81. The van der Waals surface area contributed by atoms with Crippen molar-refractivity contribution in [2.75, 3.05) is 0 Å². The molecule has 4 nitrogen and oxygen atoms in total. The van der Waals surface area contributed by atoms with Crippen LogP contribution in [0.5, 0.6) is 0 Å². The van der Waals surface area contributed by atoms with Crippen LogP contribution >= 0.6 is 0 Å². The number of nitrogens with two attached hydrogens (primary N) is 1. The molecule has 0 aliphatic rings. The molecule has 0 atom stereocenters. The SMILES string of the molecule is NC(=Nc1cc(F)cc(F)c1)NO. The Balaban J connectivity index is 3.02. The van der Waals surface area contributed by atoms with E-state index < -0.39 is 11.6 Å². The Hall–Kier alpha value is -1.69. The van der Waals surface area contributed by atoms with Crippen LogP contribution in [0.1, 0.15) is 0 Å². The largest absolute Gasteiger partial charge is 0.368 e. The normalized spacial score (nSPS) is 11.5. The second-order valence-electron chi connectivity index (χ2n) is 2.24. The average molecular weight is 187 g/mol. The van der Waals surface area contributed by atoms with E-state index in [0.717, 1.165) is 12.1 Å². The Morgan fingerprint density at radius 1 is 1.31 bits per heavy atom. The fourth-order valence-corrected chi connectivity index (χ4v) is 0.768. The molecule has 0 aromatic heterocycles. The van der Waals surface area contributed by atoms with E-state index >= 15 is 0 Å². The minimum atomic E-state index is -0.760. The molecule has 1 aromatic carbocycles. The summed E-state index contributed by atoms with van der Waals surface area (Å²) >= 11 is 0. The van der Waals surface area contributed by atoms with Gasteiger partial charge in [0.2, 0.25) is 5.96 Å². The van der Waals surface area contributed by atoms with E-state index in [4.69, 9.17) is 10.9 Å². The van der Waals surface area contributed by atoms with Crippen molar-refractivity contribution in [3.63, 3.8) is 0 Å². The number of benzene rings is 1. The quantitative estimate of drug-likeness (QED) is 0.347. The summed E-state index contributed by atoms with van der Waals surface area (Å²) in [7, 11) is 0. The highest BCUT2D eigenvalue weighted by molar-refractivity contribution is 5.79. The first-order valence-corrected chi connectivity index (χ1v) is 3.32. The van der Waals surface area contributed by atoms with Crippen LogP contribution in [0, 0.1) is 11.6 Å². The lowest BCUT2D eigenvalue weighted by Crippen LogP contribution is -2.27. The lowest BCUT2D eigenvalue weighted by atomic mass is 10.3. The van der Waals surface area contributed by atoms with Gasteiger partial charge in [-0.3, -0.25) is 5.21 Å². The highest BCUT2D eigenvalue weighted by atomic mass is 19.1. The molecule has 70 valence electrons. The number of nitrogens with zero attached hydrogens (tertiary/aromatic N) is 1. The first-order chi connectivity index (χ1) is 6.11. The lowest BCUT2D eigenvalue weighted by molar-refractivity contribution is 0.233. The number of rotatable bonds is 1. The van der Waals surface area contributed by atoms with E-state index in [0.29, 0.717) is 6.07 Å². The zero-order chi connectivity index (χ0) is 9.84. The van der Waals surface area contributed by atoms with E-state index in [2.05, 4.69) is 4.99 Å². The summed E-state index contributed by atoms with van der Waals surface area (Å²) in [5.74, 6) is -1.86. The molecule has 0 saturated carbocycles. The van der Waals surface area contributed by atoms with Crippen molar-refractivity contribution in [1.82, 2.24) is 5.48 Å². The Morgan fingerprint density at radius 2 is 1.85 bits per heavy atom. The zero-order valence-corrected chi connectivity index (χ0v) is 6.46. The second-order valence-corrected chi connectivity index (χ2v) is 2.24. The number of hydrogen-bond donors (Lipinski definition) is 3. The zero-order valence-electron chi connectivity index (χ0n) is 6.46. The third-order valence-corrected chi connectivity index (χ3v) is 1.21. The van der Waals surface area contributed by atoms with Crippen LogP contribution in [-0.4, -0.2) is 11.2 Å². The third kappa shape index (κ3) is 2.68. The molecule has 0 aliphatic carbocycles. The Bertz CT molecular complexity index is 320. The molecule has 1 rings (SSSR count). The van der Waals surface area contributed by atoms with Crippen LogP contribution in [0.25, 0.3) is 0 Å². The van der Waals surface area contributed by atoms with Gasteiger partial charge in [-0.25, -0.2) is 19.3 Å². The van der Waals surface area contributed by atoms with Crippen molar-refractivity contribution < 1.29 is 14.0 Å². The summed E-state index contributed by atoms with van der Waals surface area (Å²) in [5, 5.41) is 8.24. The van der Waals surface area contributed by atoms with E-state index in [1.54, 1.807) is 0 Å². The molecule has 0 amide bonds. The van der Waals surface area contributed by atoms with Crippen molar-refractivity contribution in [3.8, 4) is 0 Å². The smallest absolute Gasteiger partial charge is 0.218 e. The molecule has 6 heteroatoms. The highest BCUT2D eigenvalue weighted by Gasteiger charge is 1.99. The van der Waals surface area contributed by atoms with Crippen LogP contribution in [0.4, 0.5) is 14.5 Å². The number of nitrogens with one attached hydrogen (secondary N) is 1. The predicted octanol–water partition coefficient (Wildman–Crippen LogP) is 0.890. The maximum absolute atomic E-state index is 12.5. The molecule has 0 spiro atoms. The fraction of sp³-hybridized carbons (Fsp3) is 0. The summed E-state index contributed by atoms with van der Waals surface area (Å²) in [6.07, 6.45) is 0. The van der Waals surface area contributed by atoms with Gasteiger partial charge < -0.3 is 5.73 Å². The molecule has 1 aromatic rings.